The maximum atomic E-state index is 11.7. The largest absolute Gasteiger partial charge is 0.484 e. The van der Waals surface area contributed by atoms with E-state index in [9.17, 15) is 14.9 Å². The molecule has 0 saturated heterocycles. The minimum atomic E-state index is -0.464. The van der Waals surface area contributed by atoms with Crippen LogP contribution in [0.4, 0.5) is 11.4 Å². The van der Waals surface area contributed by atoms with Crippen molar-refractivity contribution >= 4 is 29.7 Å². The number of nitro benzene ring substituents is 1. The SMILES string of the molecule is Cc1cc(OCC(=O)Nc2cccnc2)ccc1[N+](=O)[O-].Cl. The van der Waals surface area contributed by atoms with E-state index in [1.54, 1.807) is 25.3 Å². The molecule has 0 bridgehead atoms. The van der Waals surface area contributed by atoms with Crippen molar-refractivity contribution in [3.05, 3.63) is 58.4 Å². The van der Waals surface area contributed by atoms with Gasteiger partial charge in [0.25, 0.3) is 11.6 Å². The number of carbonyl (C=O) groups is 1. The molecule has 22 heavy (non-hydrogen) atoms. The number of aromatic nitrogens is 1. The second kappa shape index (κ2) is 7.94. The van der Waals surface area contributed by atoms with Crippen molar-refractivity contribution in [3.63, 3.8) is 0 Å². The van der Waals surface area contributed by atoms with Crippen LogP contribution in [-0.4, -0.2) is 22.4 Å². The average Bonchev–Trinajstić information content (AvgIpc) is 2.46. The molecule has 1 aromatic carbocycles. The van der Waals surface area contributed by atoms with Gasteiger partial charge in [0.05, 0.1) is 16.8 Å². The van der Waals surface area contributed by atoms with Gasteiger partial charge in [-0.3, -0.25) is 19.9 Å². The number of benzene rings is 1. The van der Waals surface area contributed by atoms with Crippen molar-refractivity contribution in [2.75, 3.05) is 11.9 Å². The van der Waals surface area contributed by atoms with Crippen LogP contribution in [-0.2, 0) is 4.79 Å². The molecule has 0 saturated carbocycles. The highest BCUT2D eigenvalue weighted by molar-refractivity contribution is 5.91. The Morgan fingerprint density at radius 3 is 2.77 bits per heavy atom. The lowest BCUT2D eigenvalue weighted by Crippen LogP contribution is -2.20. The van der Waals surface area contributed by atoms with Crippen LogP contribution in [0.3, 0.4) is 0 Å². The number of pyridine rings is 1. The first kappa shape index (κ1) is 17.4. The number of halogens is 1. The lowest BCUT2D eigenvalue weighted by Gasteiger charge is -2.08. The highest BCUT2D eigenvalue weighted by Gasteiger charge is 2.11. The van der Waals surface area contributed by atoms with E-state index in [1.807, 2.05) is 0 Å². The van der Waals surface area contributed by atoms with E-state index < -0.39 is 4.92 Å². The van der Waals surface area contributed by atoms with Gasteiger partial charge in [-0.25, -0.2) is 0 Å². The van der Waals surface area contributed by atoms with Crippen LogP contribution in [0.2, 0.25) is 0 Å². The quantitative estimate of drug-likeness (QED) is 0.674. The molecule has 0 radical (unpaired) electrons. The predicted molar refractivity (Wildman–Crippen MR) is 83.4 cm³/mol. The zero-order chi connectivity index (χ0) is 15.2. The van der Waals surface area contributed by atoms with Crippen molar-refractivity contribution in [2.24, 2.45) is 0 Å². The molecule has 0 atom stereocenters. The number of rotatable bonds is 5. The summed E-state index contributed by atoms with van der Waals surface area (Å²) in [4.78, 5) is 25.8. The smallest absolute Gasteiger partial charge is 0.272 e. The number of carbonyl (C=O) groups excluding carboxylic acids is 1. The molecule has 1 amide bonds. The molecule has 0 aliphatic heterocycles. The lowest BCUT2D eigenvalue weighted by molar-refractivity contribution is -0.385. The van der Waals surface area contributed by atoms with Crippen molar-refractivity contribution in [1.82, 2.24) is 4.98 Å². The molecule has 116 valence electrons. The van der Waals surface area contributed by atoms with Crippen molar-refractivity contribution in [2.45, 2.75) is 6.92 Å². The fourth-order valence-electron chi connectivity index (χ4n) is 1.71. The van der Waals surface area contributed by atoms with E-state index in [-0.39, 0.29) is 30.6 Å². The molecule has 8 heteroatoms. The fourth-order valence-corrected chi connectivity index (χ4v) is 1.71. The highest BCUT2D eigenvalue weighted by Crippen LogP contribution is 2.22. The second-order valence-electron chi connectivity index (χ2n) is 4.28. The molecule has 0 aliphatic rings. The number of amides is 1. The highest BCUT2D eigenvalue weighted by atomic mass is 35.5. The van der Waals surface area contributed by atoms with Gasteiger partial charge in [-0.05, 0) is 31.2 Å². The standard InChI is InChI=1S/C14H13N3O4.ClH/c1-10-7-12(4-5-13(10)17(19)20)21-9-14(18)16-11-3-2-6-15-8-11;/h2-8H,9H2,1H3,(H,16,18);1H. The van der Waals surface area contributed by atoms with Gasteiger partial charge < -0.3 is 10.1 Å². The Hall–Kier alpha value is -2.67. The van der Waals surface area contributed by atoms with Gasteiger partial charge in [-0.1, -0.05) is 0 Å². The van der Waals surface area contributed by atoms with Crippen molar-refractivity contribution in [1.29, 1.82) is 0 Å². The van der Waals surface area contributed by atoms with Crippen LogP contribution in [0.15, 0.2) is 42.7 Å². The van der Waals surface area contributed by atoms with Crippen LogP contribution >= 0.6 is 12.4 Å². The van der Waals surface area contributed by atoms with Gasteiger partial charge in [-0.15, -0.1) is 12.4 Å². The number of aryl methyl sites for hydroxylation is 1. The van der Waals surface area contributed by atoms with Crippen LogP contribution in [0.5, 0.6) is 5.75 Å². The van der Waals surface area contributed by atoms with Crippen LogP contribution < -0.4 is 10.1 Å². The molecule has 1 N–H and O–H groups in total. The van der Waals surface area contributed by atoms with Crippen LogP contribution in [0, 0.1) is 17.0 Å². The Balaban J connectivity index is 0.00000242. The molecular formula is C14H14ClN3O4. The molecular weight excluding hydrogens is 310 g/mol. The molecule has 2 aromatic rings. The summed E-state index contributed by atoms with van der Waals surface area (Å²) in [5.41, 5.74) is 1.07. The Labute approximate surface area is 132 Å². The normalized spacial score (nSPS) is 9.50. The maximum absolute atomic E-state index is 11.7. The zero-order valence-corrected chi connectivity index (χ0v) is 12.5. The van der Waals surface area contributed by atoms with Crippen molar-refractivity contribution in [3.8, 4) is 5.75 Å². The number of nitrogens with one attached hydrogen (secondary N) is 1. The maximum Gasteiger partial charge on any atom is 0.272 e. The number of hydrogen-bond acceptors (Lipinski definition) is 5. The van der Waals surface area contributed by atoms with Gasteiger partial charge in [0.15, 0.2) is 6.61 Å². The van der Waals surface area contributed by atoms with E-state index in [1.165, 1.54) is 24.4 Å². The summed E-state index contributed by atoms with van der Waals surface area (Å²) >= 11 is 0. The molecule has 7 nitrogen and oxygen atoms in total. The number of anilines is 1. The number of ether oxygens (including phenoxy) is 1. The zero-order valence-electron chi connectivity index (χ0n) is 11.7. The molecule has 2 rings (SSSR count). The Bertz CT molecular complexity index is 664. The van der Waals surface area contributed by atoms with Gasteiger partial charge in [0.2, 0.25) is 0 Å². The Morgan fingerprint density at radius 2 is 2.18 bits per heavy atom. The molecule has 1 heterocycles. The second-order valence-corrected chi connectivity index (χ2v) is 4.28. The minimum absolute atomic E-state index is 0. The fraction of sp³-hybridized carbons (Fsp3) is 0.143. The first-order valence-corrected chi connectivity index (χ1v) is 6.14. The number of nitrogens with zero attached hydrogens (tertiary/aromatic N) is 2. The molecule has 0 fully saturated rings. The summed E-state index contributed by atoms with van der Waals surface area (Å²) in [6.07, 6.45) is 3.12. The number of nitro groups is 1. The van der Waals surface area contributed by atoms with E-state index in [4.69, 9.17) is 4.74 Å². The topological polar surface area (TPSA) is 94.4 Å². The summed E-state index contributed by atoms with van der Waals surface area (Å²) in [6, 6.07) is 7.75. The summed E-state index contributed by atoms with van der Waals surface area (Å²) in [6.45, 7) is 1.42. The van der Waals surface area contributed by atoms with Gasteiger partial charge in [0, 0.05) is 17.8 Å². The Kier molecular flexibility index (Phi) is 6.27. The molecule has 0 aliphatic carbocycles. The van der Waals surface area contributed by atoms with E-state index in [0.29, 0.717) is 17.0 Å². The summed E-state index contributed by atoms with van der Waals surface area (Å²) in [7, 11) is 0. The van der Waals surface area contributed by atoms with E-state index in [0.717, 1.165) is 0 Å². The third kappa shape index (κ3) is 4.71. The van der Waals surface area contributed by atoms with Crippen LogP contribution in [0.1, 0.15) is 5.56 Å². The molecule has 1 aromatic heterocycles. The summed E-state index contributed by atoms with van der Waals surface area (Å²) in [5, 5.41) is 13.3. The first-order valence-electron chi connectivity index (χ1n) is 6.14. The summed E-state index contributed by atoms with van der Waals surface area (Å²) < 4.78 is 5.30. The summed E-state index contributed by atoms with van der Waals surface area (Å²) in [5.74, 6) is 0.0680. The van der Waals surface area contributed by atoms with Gasteiger partial charge in [0.1, 0.15) is 5.75 Å². The van der Waals surface area contributed by atoms with Crippen LogP contribution in [0.25, 0.3) is 0 Å². The van der Waals surface area contributed by atoms with E-state index >= 15 is 0 Å². The number of hydrogen-bond donors (Lipinski definition) is 1. The third-order valence-electron chi connectivity index (χ3n) is 2.68. The lowest BCUT2D eigenvalue weighted by atomic mass is 10.2. The minimum Gasteiger partial charge on any atom is -0.484 e. The van der Waals surface area contributed by atoms with E-state index in [2.05, 4.69) is 10.3 Å². The van der Waals surface area contributed by atoms with Gasteiger partial charge >= 0.3 is 0 Å². The molecule has 0 unspecified atom stereocenters. The molecule has 0 spiro atoms. The first-order chi connectivity index (χ1) is 10.1. The third-order valence-corrected chi connectivity index (χ3v) is 2.68. The van der Waals surface area contributed by atoms with Crippen molar-refractivity contribution < 1.29 is 14.5 Å². The Morgan fingerprint density at radius 1 is 1.41 bits per heavy atom. The average molecular weight is 324 g/mol. The predicted octanol–water partition coefficient (Wildman–Crippen LogP) is 2.74. The van der Waals surface area contributed by atoms with Gasteiger partial charge in [-0.2, -0.15) is 0 Å². The monoisotopic (exact) mass is 323 g/mol.